The second kappa shape index (κ2) is 7.91. The largest absolute Gasteiger partial charge is 0.483 e. The van der Waals surface area contributed by atoms with Gasteiger partial charge in [0.2, 0.25) is 0 Å². The molecular formula is C17H28N2O2. The molecule has 0 radical (unpaired) electrons. The van der Waals surface area contributed by atoms with Crippen molar-refractivity contribution in [2.45, 2.75) is 47.0 Å². The second-order valence-electron chi connectivity index (χ2n) is 6.22. The number of hydrogen-bond donors (Lipinski definition) is 2. The maximum atomic E-state index is 11.8. The van der Waals surface area contributed by atoms with Crippen molar-refractivity contribution < 1.29 is 9.53 Å². The van der Waals surface area contributed by atoms with E-state index in [0.29, 0.717) is 18.4 Å². The van der Waals surface area contributed by atoms with E-state index < -0.39 is 0 Å². The van der Waals surface area contributed by atoms with E-state index in [1.54, 1.807) is 0 Å². The zero-order chi connectivity index (χ0) is 16.0. The number of amides is 1. The first-order chi connectivity index (χ1) is 9.81. The number of hydrogen-bond acceptors (Lipinski definition) is 3. The Balaban J connectivity index is 2.62. The minimum Gasteiger partial charge on any atom is -0.483 e. The molecule has 0 bridgehead atoms. The number of nitrogen functional groups attached to an aromatic ring is 1. The highest BCUT2D eigenvalue weighted by molar-refractivity contribution is 5.77. The van der Waals surface area contributed by atoms with Crippen molar-refractivity contribution in [2.75, 3.05) is 18.9 Å². The van der Waals surface area contributed by atoms with Gasteiger partial charge >= 0.3 is 0 Å². The third-order valence-corrected chi connectivity index (χ3v) is 3.42. The fourth-order valence-corrected chi connectivity index (χ4v) is 1.99. The van der Waals surface area contributed by atoms with E-state index in [0.717, 1.165) is 29.0 Å². The molecule has 0 heterocycles. The van der Waals surface area contributed by atoms with E-state index in [2.05, 4.69) is 33.0 Å². The maximum absolute atomic E-state index is 11.8. The normalized spacial score (nSPS) is 11.0. The Morgan fingerprint density at radius 1 is 1.29 bits per heavy atom. The highest BCUT2D eigenvalue weighted by Gasteiger charge is 2.12. The van der Waals surface area contributed by atoms with Crippen molar-refractivity contribution in [3.63, 3.8) is 0 Å². The van der Waals surface area contributed by atoms with Gasteiger partial charge < -0.3 is 15.8 Å². The minimum absolute atomic E-state index is 0.0428. The summed E-state index contributed by atoms with van der Waals surface area (Å²) in [5.41, 5.74) is 8.70. The Kier molecular flexibility index (Phi) is 6.53. The van der Waals surface area contributed by atoms with Gasteiger partial charge in [-0.3, -0.25) is 4.79 Å². The lowest BCUT2D eigenvalue weighted by Crippen LogP contribution is -2.30. The molecule has 0 aliphatic heterocycles. The van der Waals surface area contributed by atoms with Gasteiger partial charge in [0.15, 0.2) is 6.61 Å². The molecule has 0 aromatic heterocycles. The first-order valence-corrected chi connectivity index (χ1v) is 7.60. The molecule has 0 saturated heterocycles. The standard InChI is InChI=1S/C17H28N2O2/c1-11(2)6-7-19-17(20)10-21-16-8-13(5)15(18)9-14(16)12(3)4/h8-9,11-12H,6-7,10,18H2,1-5H3,(H,19,20). The molecule has 0 spiro atoms. The number of rotatable bonds is 7. The Morgan fingerprint density at radius 2 is 1.95 bits per heavy atom. The molecule has 4 nitrogen and oxygen atoms in total. The summed E-state index contributed by atoms with van der Waals surface area (Å²) in [6, 6.07) is 3.85. The van der Waals surface area contributed by atoms with Crippen molar-refractivity contribution in [1.29, 1.82) is 0 Å². The van der Waals surface area contributed by atoms with E-state index in [9.17, 15) is 4.79 Å². The number of nitrogens with one attached hydrogen (secondary N) is 1. The van der Waals surface area contributed by atoms with Gasteiger partial charge in [-0.25, -0.2) is 0 Å². The van der Waals surface area contributed by atoms with Gasteiger partial charge in [0.05, 0.1) is 0 Å². The van der Waals surface area contributed by atoms with Crippen LogP contribution < -0.4 is 15.8 Å². The van der Waals surface area contributed by atoms with Crippen LogP contribution in [0.5, 0.6) is 5.75 Å². The highest BCUT2D eigenvalue weighted by atomic mass is 16.5. The van der Waals surface area contributed by atoms with Crippen molar-refractivity contribution in [1.82, 2.24) is 5.32 Å². The third-order valence-electron chi connectivity index (χ3n) is 3.42. The zero-order valence-electron chi connectivity index (χ0n) is 13.8. The van der Waals surface area contributed by atoms with Crippen molar-refractivity contribution in [3.05, 3.63) is 23.3 Å². The van der Waals surface area contributed by atoms with E-state index in [1.165, 1.54) is 0 Å². The van der Waals surface area contributed by atoms with Crippen molar-refractivity contribution >= 4 is 11.6 Å². The monoisotopic (exact) mass is 292 g/mol. The summed E-state index contributed by atoms with van der Waals surface area (Å²) >= 11 is 0. The van der Waals surface area contributed by atoms with Crippen LogP contribution in [0.1, 0.15) is 51.2 Å². The van der Waals surface area contributed by atoms with Crippen LogP contribution >= 0.6 is 0 Å². The van der Waals surface area contributed by atoms with Crippen LogP contribution in [-0.4, -0.2) is 19.1 Å². The van der Waals surface area contributed by atoms with E-state index in [1.807, 2.05) is 19.1 Å². The summed E-state index contributed by atoms with van der Waals surface area (Å²) < 4.78 is 5.69. The highest BCUT2D eigenvalue weighted by Crippen LogP contribution is 2.30. The smallest absolute Gasteiger partial charge is 0.257 e. The molecule has 0 fully saturated rings. The molecular weight excluding hydrogens is 264 g/mol. The van der Waals surface area contributed by atoms with Crippen LogP contribution in [0.3, 0.4) is 0 Å². The number of carbonyl (C=O) groups excluding carboxylic acids is 1. The molecule has 1 aromatic rings. The van der Waals surface area contributed by atoms with Gasteiger partial charge in [-0.1, -0.05) is 27.7 Å². The van der Waals surface area contributed by atoms with E-state index >= 15 is 0 Å². The van der Waals surface area contributed by atoms with Crippen LogP contribution in [0.2, 0.25) is 0 Å². The number of anilines is 1. The molecule has 1 rings (SSSR count). The lowest BCUT2D eigenvalue weighted by molar-refractivity contribution is -0.123. The number of nitrogens with two attached hydrogens (primary N) is 1. The number of aryl methyl sites for hydroxylation is 1. The number of ether oxygens (including phenoxy) is 1. The summed E-state index contributed by atoms with van der Waals surface area (Å²) in [6.45, 7) is 11.1. The summed E-state index contributed by atoms with van der Waals surface area (Å²) in [4.78, 5) is 11.8. The zero-order valence-corrected chi connectivity index (χ0v) is 13.8. The number of benzene rings is 1. The Morgan fingerprint density at radius 3 is 2.52 bits per heavy atom. The van der Waals surface area contributed by atoms with Crippen molar-refractivity contribution in [2.24, 2.45) is 5.92 Å². The summed E-state index contributed by atoms with van der Waals surface area (Å²) in [5.74, 6) is 1.54. The Labute approximate surface area is 128 Å². The molecule has 1 amide bonds. The lowest BCUT2D eigenvalue weighted by atomic mass is 9.99. The average Bonchev–Trinajstić information content (AvgIpc) is 2.39. The predicted molar refractivity (Wildman–Crippen MR) is 87.6 cm³/mol. The SMILES string of the molecule is Cc1cc(OCC(=O)NCCC(C)C)c(C(C)C)cc1N. The molecule has 0 unspecified atom stereocenters. The second-order valence-corrected chi connectivity index (χ2v) is 6.22. The molecule has 118 valence electrons. The molecule has 0 atom stereocenters. The molecule has 0 saturated carbocycles. The van der Waals surface area contributed by atoms with Crippen LogP contribution in [0.25, 0.3) is 0 Å². The van der Waals surface area contributed by atoms with Crippen LogP contribution in [-0.2, 0) is 4.79 Å². The minimum atomic E-state index is -0.0835. The van der Waals surface area contributed by atoms with Gasteiger partial charge in [-0.15, -0.1) is 0 Å². The molecule has 3 N–H and O–H groups in total. The molecule has 21 heavy (non-hydrogen) atoms. The maximum Gasteiger partial charge on any atom is 0.257 e. The quantitative estimate of drug-likeness (QED) is 0.758. The molecule has 0 aliphatic rings. The van der Waals surface area contributed by atoms with Gasteiger partial charge in [0.1, 0.15) is 5.75 Å². The van der Waals surface area contributed by atoms with Crippen LogP contribution in [0, 0.1) is 12.8 Å². The van der Waals surface area contributed by atoms with E-state index in [-0.39, 0.29) is 12.5 Å². The van der Waals surface area contributed by atoms with Crippen LogP contribution in [0.15, 0.2) is 12.1 Å². The van der Waals surface area contributed by atoms with Gasteiger partial charge in [0.25, 0.3) is 5.91 Å². The van der Waals surface area contributed by atoms with Gasteiger partial charge in [0, 0.05) is 12.2 Å². The first-order valence-electron chi connectivity index (χ1n) is 7.60. The third kappa shape index (κ3) is 5.66. The van der Waals surface area contributed by atoms with Crippen molar-refractivity contribution in [3.8, 4) is 5.75 Å². The molecule has 4 heteroatoms. The number of carbonyl (C=O) groups is 1. The topological polar surface area (TPSA) is 64.3 Å². The van der Waals surface area contributed by atoms with Gasteiger partial charge in [-0.2, -0.15) is 0 Å². The van der Waals surface area contributed by atoms with Crippen LogP contribution in [0.4, 0.5) is 5.69 Å². The lowest BCUT2D eigenvalue weighted by Gasteiger charge is -2.16. The summed E-state index contributed by atoms with van der Waals surface area (Å²) in [6.07, 6.45) is 0.976. The fraction of sp³-hybridized carbons (Fsp3) is 0.588. The van der Waals surface area contributed by atoms with Gasteiger partial charge in [-0.05, 0) is 48.4 Å². The predicted octanol–water partition coefficient (Wildman–Crippen LogP) is 3.24. The summed E-state index contributed by atoms with van der Waals surface area (Å²) in [5, 5.41) is 2.87. The fourth-order valence-electron chi connectivity index (χ4n) is 1.99. The first kappa shape index (κ1) is 17.3. The summed E-state index contributed by atoms with van der Waals surface area (Å²) in [7, 11) is 0. The Bertz CT molecular complexity index is 482. The van der Waals surface area contributed by atoms with E-state index in [4.69, 9.17) is 10.5 Å². The average molecular weight is 292 g/mol. The Hall–Kier alpha value is -1.71. The molecule has 0 aliphatic carbocycles. The molecule has 1 aromatic carbocycles.